The van der Waals surface area contributed by atoms with E-state index in [9.17, 15) is 0 Å². The van der Waals surface area contributed by atoms with E-state index in [1.165, 1.54) is 0 Å². The third-order valence-electron chi connectivity index (χ3n) is 2.57. The van der Waals surface area contributed by atoms with Crippen LogP contribution in [-0.2, 0) is 64.6 Å². The minimum Gasteiger partial charge on any atom is -0.746 e. The monoisotopic (exact) mass is 476 g/mol. The molecule has 0 aromatic heterocycles. The van der Waals surface area contributed by atoms with Crippen LogP contribution < -0.4 is 0 Å². The Bertz CT molecular complexity index is 318. The summed E-state index contributed by atoms with van der Waals surface area (Å²) in [4.78, 5) is 0. The van der Waals surface area contributed by atoms with Crippen LogP contribution in [0.25, 0.3) is 0 Å². The standard InChI is InChI=1S/2C8H19PS2.Ni/c2*1-7(2)5-9(10,11)6-8(3)4;/h2*7-8H,5-6H2,1-4H3,(H,10,11);/q;;+2/p-2. The Labute approximate surface area is 177 Å². The second kappa shape index (κ2) is 14.5. The molecule has 0 bridgehead atoms. The molecule has 0 saturated heterocycles. The normalized spacial score (nSPS) is 12.4. The van der Waals surface area contributed by atoms with Crippen molar-refractivity contribution >= 4 is 58.6 Å². The van der Waals surface area contributed by atoms with Crippen LogP contribution in [-0.4, -0.2) is 24.6 Å². The molecule has 0 aliphatic rings. The summed E-state index contributed by atoms with van der Waals surface area (Å²) in [6.07, 6.45) is 4.37. The largest absolute Gasteiger partial charge is 2.00 e. The molecule has 0 aliphatic carbocycles. The van der Waals surface area contributed by atoms with E-state index in [-0.39, 0.29) is 16.5 Å². The summed E-state index contributed by atoms with van der Waals surface area (Å²) in [6, 6.07) is 0. The van der Waals surface area contributed by atoms with Gasteiger partial charge >= 0.3 is 16.5 Å². The summed E-state index contributed by atoms with van der Waals surface area (Å²) in [5.41, 5.74) is 0. The van der Waals surface area contributed by atoms with Crippen molar-refractivity contribution in [3.8, 4) is 0 Å². The van der Waals surface area contributed by atoms with Gasteiger partial charge in [0.05, 0.1) is 0 Å². The molecule has 0 spiro atoms. The molecule has 0 heterocycles. The fourth-order valence-corrected chi connectivity index (χ4v) is 14.3. The Kier molecular flexibility index (Phi) is 19.1. The van der Waals surface area contributed by atoms with E-state index in [0.29, 0.717) is 23.7 Å². The summed E-state index contributed by atoms with van der Waals surface area (Å²) in [7, 11) is 0. The van der Waals surface area contributed by atoms with E-state index in [0.717, 1.165) is 24.6 Å². The molecule has 0 amide bonds. The topological polar surface area (TPSA) is 0 Å². The Morgan fingerprint density at radius 3 is 0.783 bits per heavy atom. The summed E-state index contributed by atoms with van der Waals surface area (Å²) in [5, 5.41) is -2.78. The van der Waals surface area contributed by atoms with Gasteiger partial charge in [-0.05, 0) is 48.3 Å². The summed E-state index contributed by atoms with van der Waals surface area (Å²) in [5.74, 6) is 2.71. The molecule has 144 valence electrons. The average Bonchev–Trinajstić information content (AvgIpc) is 2.06. The maximum absolute atomic E-state index is 5.42. The molecule has 0 saturated carbocycles. The van der Waals surface area contributed by atoms with Crippen molar-refractivity contribution < 1.29 is 16.5 Å². The predicted octanol–water partition coefficient (Wildman–Crippen LogP) is 6.48. The van der Waals surface area contributed by atoms with Crippen molar-refractivity contribution in [3.05, 3.63) is 0 Å². The van der Waals surface area contributed by atoms with Crippen molar-refractivity contribution in [2.75, 3.05) is 24.6 Å². The molecule has 0 fully saturated rings. The van der Waals surface area contributed by atoms with Gasteiger partial charge in [0, 0.05) is 0 Å². The van der Waals surface area contributed by atoms with Gasteiger partial charge < -0.3 is 24.5 Å². The molecular weight excluding hydrogens is 441 g/mol. The van der Waals surface area contributed by atoms with Crippen LogP contribution in [0.4, 0.5) is 0 Å². The Morgan fingerprint density at radius 2 is 0.696 bits per heavy atom. The first-order valence-corrected chi connectivity index (χ1v) is 16.6. The van der Waals surface area contributed by atoms with Crippen molar-refractivity contribution in [3.63, 3.8) is 0 Å². The zero-order chi connectivity index (χ0) is 18.1. The Balaban J connectivity index is -0.000000333. The van der Waals surface area contributed by atoms with Gasteiger partial charge in [-0.25, -0.2) is 0 Å². The van der Waals surface area contributed by atoms with E-state index in [4.69, 9.17) is 48.1 Å². The average molecular weight is 477 g/mol. The fraction of sp³-hybridized carbons (Fsp3) is 1.00. The Hall–Kier alpha value is 2.49. The van der Waals surface area contributed by atoms with Crippen LogP contribution in [0.5, 0.6) is 0 Å². The van der Waals surface area contributed by atoms with Crippen LogP contribution in [0, 0.1) is 23.7 Å². The molecule has 0 rings (SSSR count). The predicted molar refractivity (Wildman–Crippen MR) is 122 cm³/mol. The molecule has 0 atom stereocenters. The van der Waals surface area contributed by atoms with Gasteiger partial charge in [-0.15, -0.1) is 23.6 Å². The molecule has 0 unspecified atom stereocenters. The smallest absolute Gasteiger partial charge is 0.746 e. The van der Waals surface area contributed by atoms with E-state index >= 15 is 0 Å². The summed E-state index contributed by atoms with van der Waals surface area (Å²) < 4.78 is 0. The van der Waals surface area contributed by atoms with Crippen LogP contribution in [0.1, 0.15) is 55.4 Å². The quantitative estimate of drug-likeness (QED) is 0.223. The second-order valence-electron chi connectivity index (χ2n) is 7.93. The van der Waals surface area contributed by atoms with Gasteiger partial charge in [-0.1, -0.05) is 55.4 Å². The van der Waals surface area contributed by atoms with Gasteiger partial charge in [0.1, 0.15) is 0 Å². The Morgan fingerprint density at radius 1 is 0.565 bits per heavy atom. The summed E-state index contributed by atoms with van der Waals surface area (Å²) >= 11 is 21.7. The number of hydrogen-bond acceptors (Lipinski definition) is 4. The van der Waals surface area contributed by atoms with Gasteiger partial charge in [0.2, 0.25) is 0 Å². The zero-order valence-electron chi connectivity index (χ0n) is 16.0. The van der Waals surface area contributed by atoms with Gasteiger partial charge in [-0.2, -0.15) is 10.5 Å². The first kappa shape index (κ1) is 30.2. The molecule has 0 aromatic rings. The second-order valence-corrected chi connectivity index (χ2v) is 22.4. The molecular formula is C16H36NiP2S4. The van der Waals surface area contributed by atoms with Gasteiger partial charge in [-0.3, -0.25) is 0 Å². The summed E-state index contributed by atoms with van der Waals surface area (Å²) in [6.45, 7) is 17.6. The van der Waals surface area contributed by atoms with E-state index in [1.807, 2.05) is 0 Å². The van der Waals surface area contributed by atoms with Crippen LogP contribution in [0.2, 0.25) is 0 Å². The SMILES string of the molecule is CC(C)CP(=S)([S-])CC(C)C.CC(C)CP(=S)([S-])CC(C)C.[Ni+2]. The molecule has 0 aliphatic heterocycles. The first-order valence-electron chi connectivity index (χ1n) is 8.25. The number of hydrogen-bond donors (Lipinski definition) is 0. The maximum Gasteiger partial charge on any atom is 2.00 e. The number of rotatable bonds is 8. The van der Waals surface area contributed by atoms with E-state index in [1.54, 1.807) is 0 Å². The van der Waals surface area contributed by atoms with Gasteiger partial charge in [0.25, 0.3) is 0 Å². The van der Waals surface area contributed by atoms with Crippen molar-refractivity contribution in [2.24, 2.45) is 23.7 Å². The van der Waals surface area contributed by atoms with Crippen molar-refractivity contribution in [1.82, 2.24) is 0 Å². The van der Waals surface area contributed by atoms with Crippen LogP contribution >= 0.6 is 10.5 Å². The van der Waals surface area contributed by atoms with E-state index < -0.39 is 10.5 Å². The minimum atomic E-state index is -1.39. The molecule has 7 heteroatoms. The molecule has 0 aromatic carbocycles. The molecule has 0 nitrogen and oxygen atoms in total. The van der Waals surface area contributed by atoms with Gasteiger partial charge in [0.15, 0.2) is 0 Å². The zero-order valence-corrected chi connectivity index (χ0v) is 22.0. The van der Waals surface area contributed by atoms with Crippen LogP contribution in [0.3, 0.4) is 0 Å². The molecule has 23 heavy (non-hydrogen) atoms. The third-order valence-corrected chi connectivity index (χ3v) is 11.3. The van der Waals surface area contributed by atoms with Crippen molar-refractivity contribution in [2.45, 2.75) is 55.4 Å². The third kappa shape index (κ3) is 24.5. The minimum absolute atomic E-state index is 0. The molecule has 0 radical (unpaired) electrons. The van der Waals surface area contributed by atoms with Crippen molar-refractivity contribution in [1.29, 1.82) is 0 Å². The maximum atomic E-state index is 5.42. The first-order chi connectivity index (χ1) is 9.67. The van der Waals surface area contributed by atoms with Crippen LogP contribution in [0.15, 0.2) is 0 Å². The van der Waals surface area contributed by atoms with E-state index in [2.05, 4.69) is 55.4 Å². The fourth-order valence-electron chi connectivity index (χ4n) is 2.37. The molecule has 0 N–H and O–H groups in total.